The number of hydrogen-bond acceptors (Lipinski definition) is 5. The van der Waals surface area contributed by atoms with E-state index in [2.05, 4.69) is 35.8 Å². The number of aromatic nitrogens is 2. The van der Waals surface area contributed by atoms with E-state index in [1.807, 2.05) is 50.3 Å². The SMILES string of the molecule is CC=CC(C)c1nc2c3ccccc3[c-]c(OC(C)=O)c2n1Cc1ccc(OC)c(C)c1.C[C-]=O.[Os+2]. The molecule has 0 amide bonds. The molecule has 0 fully saturated rings. The molecule has 4 rings (SSSR count). The normalized spacial score (nSPS) is 11.5. The van der Waals surface area contributed by atoms with Gasteiger partial charge in [0.2, 0.25) is 0 Å². The van der Waals surface area contributed by atoms with Crippen LogP contribution in [0.2, 0.25) is 0 Å². The average molecular weight is 661 g/mol. The third-order valence-electron chi connectivity index (χ3n) is 5.58. The Morgan fingerprint density at radius 1 is 1.25 bits per heavy atom. The topological polar surface area (TPSA) is 70.4 Å². The van der Waals surface area contributed by atoms with E-state index in [0.29, 0.717) is 12.3 Å². The average Bonchev–Trinajstić information content (AvgIpc) is 3.19. The molecular formula is C29H30N2O4Os. The Hall–Kier alpha value is -3.29. The number of methoxy groups -OCH3 is 1. The standard InChI is InChI=1S/C27H27N2O3.C2H3O.Os/c1-6-9-17(2)27-28-25-22-11-8-7-10-21(22)15-24(32-19(4)30)26(25)29(27)16-20-12-13-23(31-5)18(3)14-20;1-2-3;/h6-14,17H,16H2,1-5H3;1H3;/q2*-1;+2. The molecular weight excluding hydrogens is 631 g/mol. The summed E-state index contributed by atoms with van der Waals surface area (Å²) in [6, 6.07) is 17.4. The summed E-state index contributed by atoms with van der Waals surface area (Å²) in [6.45, 7) is 9.46. The van der Waals surface area contributed by atoms with E-state index >= 15 is 0 Å². The predicted octanol–water partition coefficient (Wildman–Crippen LogP) is 6.07. The van der Waals surface area contributed by atoms with E-state index in [-0.39, 0.29) is 31.7 Å². The van der Waals surface area contributed by atoms with Crippen molar-refractivity contribution in [1.82, 2.24) is 9.55 Å². The largest absolute Gasteiger partial charge is 2.00 e. The van der Waals surface area contributed by atoms with Crippen molar-refractivity contribution in [2.45, 2.75) is 47.1 Å². The number of hydrogen-bond donors (Lipinski definition) is 0. The van der Waals surface area contributed by atoms with Crippen LogP contribution in [0, 0.1) is 13.0 Å². The molecule has 0 spiro atoms. The molecule has 0 saturated heterocycles. The molecule has 0 saturated carbocycles. The summed E-state index contributed by atoms with van der Waals surface area (Å²) in [5.41, 5.74) is 3.76. The van der Waals surface area contributed by atoms with E-state index in [1.165, 1.54) is 20.1 Å². The summed E-state index contributed by atoms with van der Waals surface area (Å²) in [6.07, 6.45) is 5.65. The number of carbonyl (C=O) groups is 1. The van der Waals surface area contributed by atoms with Gasteiger partial charge in [0.25, 0.3) is 0 Å². The number of benzene rings is 3. The van der Waals surface area contributed by atoms with Gasteiger partial charge in [0, 0.05) is 30.4 Å². The fourth-order valence-electron chi connectivity index (χ4n) is 4.19. The summed E-state index contributed by atoms with van der Waals surface area (Å²) in [5, 5.41) is 1.85. The van der Waals surface area contributed by atoms with Crippen molar-refractivity contribution >= 4 is 34.1 Å². The van der Waals surface area contributed by atoms with Crippen LogP contribution in [-0.4, -0.2) is 28.9 Å². The van der Waals surface area contributed by atoms with Crippen LogP contribution in [0.25, 0.3) is 21.8 Å². The van der Waals surface area contributed by atoms with Crippen LogP contribution in [0.5, 0.6) is 11.5 Å². The molecule has 0 radical (unpaired) electrons. The number of carbonyl (C=O) groups excluding carboxylic acids is 2. The molecule has 1 heterocycles. The van der Waals surface area contributed by atoms with Crippen molar-refractivity contribution in [2.75, 3.05) is 7.11 Å². The summed E-state index contributed by atoms with van der Waals surface area (Å²) in [5.74, 6) is 1.86. The van der Waals surface area contributed by atoms with Gasteiger partial charge in [-0.25, -0.2) is 0 Å². The van der Waals surface area contributed by atoms with E-state index in [4.69, 9.17) is 19.3 Å². The molecule has 0 aliphatic rings. The van der Waals surface area contributed by atoms with Gasteiger partial charge in [-0.2, -0.15) is 6.92 Å². The molecule has 36 heavy (non-hydrogen) atoms. The number of rotatable bonds is 6. The minimum absolute atomic E-state index is 0. The van der Waals surface area contributed by atoms with E-state index in [0.717, 1.165) is 44.5 Å². The predicted molar refractivity (Wildman–Crippen MR) is 139 cm³/mol. The summed E-state index contributed by atoms with van der Waals surface area (Å²) in [7, 11) is 1.68. The maximum Gasteiger partial charge on any atom is 2.00 e. The van der Waals surface area contributed by atoms with Gasteiger partial charge in [-0.05, 0) is 31.0 Å². The Morgan fingerprint density at radius 3 is 2.56 bits per heavy atom. The quantitative estimate of drug-likeness (QED) is 0.109. The molecule has 6 nitrogen and oxygen atoms in total. The second-order valence-corrected chi connectivity index (χ2v) is 8.17. The number of allylic oxidation sites excluding steroid dienone is 2. The Kier molecular flexibility index (Phi) is 10.6. The molecule has 7 heteroatoms. The summed E-state index contributed by atoms with van der Waals surface area (Å²) >= 11 is 0. The number of imidazole rings is 1. The number of esters is 1. The van der Waals surface area contributed by atoms with Gasteiger partial charge in [0.15, 0.2) is 0 Å². The van der Waals surface area contributed by atoms with Crippen molar-refractivity contribution < 1.29 is 38.9 Å². The Bertz CT molecular complexity index is 1390. The first kappa shape index (κ1) is 28.9. The number of ether oxygens (including phenoxy) is 2. The van der Waals surface area contributed by atoms with Crippen molar-refractivity contribution in [1.29, 1.82) is 0 Å². The van der Waals surface area contributed by atoms with E-state index in [9.17, 15) is 4.79 Å². The van der Waals surface area contributed by atoms with Crippen LogP contribution in [-0.2, 0) is 35.9 Å². The molecule has 1 atom stereocenters. The van der Waals surface area contributed by atoms with Crippen LogP contribution in [0.1, 0.15) is 50.6 Å². The van der Waals surface area contributed by atoms with Gasteiger partial charge in [-0.15, -0.1) is 17.5 Å². The van der Waals surface area contributed by atoms with Crippen molar-refractivity contribution in [3.05, 3.63) is 77.6 Å². The molecule has 188 valence electrons. The van der Waals surface area contributed by atoms with Gasteiger partial charge in [-0.3, -0.25) is 16.1 Å². The van der Waals surface area contributed by atoms with Crippen molar-refractivity contribution in [3.8, 4) is 11.5 Å². The monoisotopic (exact) mass is 662 g/mol. The minimum atomic E-state index is -0.381. The molecule has 0 bridgehead atoms. The number of fused-ring (bicyclic) bond motifs is 3. The second kappa shape index (κ2) is 13.1. The summed E-state index contributed by atoms with van der Waals surface area (Å²) in [4.78, 5) is 25.7. The first-order valence-electron chi connectivity index (χ1n) is 11.4. The smallest absolute Gasteiger partial charge is 0.542 e. The van der Waals surface area contributed by atoms with Crippen LogP contribution >= 0.6 is 0 Å². The first-order valence-corrected chi connectivity index (χ1v) is 11.4. The third-order valence-corrected chi connectivity index (χ3v) is 5.58. The molecule has 1 unspecified atom stereocenters. The maximum absolute atomic E-state index is 11.9. The van der Waals surface area contributed by atoms with E-state index < -0.39 is 0 Å². The number of aryl methyl sites for hydroxylation is 1. The van der Waals surface area contributed by atoms with Crippen molar-refractivity contribution in [3.63, 3.8) is 0 Å². The molecule has 4 aromatic rings. The second-order valence-electron chi connectivity index (χ2n) is 8.17. The fraction of sp³-hybridized carbons (Fsp3) is 0.276. The zero-order chi connectivity index (χ0) is 25.5. The van der Waals surface area contributed by atoms with Crippen molar-refractivity contribution in [2.24, 2.45) is 0 Å². The van der Waals surface area contributed by atoms with Crippen LogP contribution in [0.4, 0.5) is 0 Å². The van der Waals surface area contributed by atoms with Gasteiger partial charge in [0.05, 0.1) is 12.9 Å². The summed E-state index contributed by atoms with van der Waals surface area (Å²) < 4.78 is 13.2. The molecule has 1 aromatic heterocycles. The Balaban J connectivity index is 0.00000109. The van der Waals surface area contributed by atoms with Gasteiger partial charge < -0.3 is 18.8 Å². The number of nitrogens with zero attached hydrogens (tertiary/aromatic N) is 2. The van der Waals surface area contributed by atoms with Crippen LogP contribution in [0.3, 0.4) is 0 Å². The fourth-order valence-corrected chi connectivity index (χ4v) is 4.19. The zero-order valence-corrected chi connectivity index (χ0v) is 23.9. The maximum atomic E-state index is 11.9. The third kappa shape index (κ3) is 6.28. The molecule has 0 N–H and O–H groups in total. The van der Waals surface area contributed by atoms with Gasteiger partial charge in [-0.1, -0.05) is 54.8 Å². The minimum Gasteiger partial charge on any atom is -0.542 e. The van der Waals surface area contributed by atoms with E-state index in [1.54, 1.807) is 7.11 Å². The van der Waals surface area contributed by atoms with Crippen LogP contribution in [0.15, 0.2) is 54.6 Å². The van der Waals surface area contributed by atoms with Crippen LogP contribution < -0.4 is 9.47 Å². The molecule has 0 aliphatic heterocycles. The van der Waals surface area contributed by atoms with Gasteiger partial charge in [0.1, 0.15) is 11.6 Å². The Morgan fingerprint density at radius 2 is 1.94 bits per heavy atom. The Labute approximate surface area is 225 Å². The first-order chi connectivity index (χ1) is 16.8. The molecule has 0 aliphatic carbocycles. The van der Waals surface area contributed by atoms with Gasteiger partial charge >= 0.3 is 25.8 Å². The zero-order valence-electron chi connectivity index (χ0n) is 21.4. The molecule has 3 aromatic carbocycles.